The van der Waals surface area contributed by atoms with Crippen LogP contribution in [-0.2, 0) is 12.8 Å². The number of aromatic hydroxyl groups is 2. The van der Waals surface area contributed by atoms with Crippen LogP contribution >= 0.6 is 11.6 Å². The van der Waals surface area contributed by atoms with Crippen LogP contribution in [0.2, 0.25) is 5.02 Å². The Morgan fingerprint density at radius 1 is 0.793 bits per heavy atom. The molecule has 2 aromatic carbocycles. The summed E-state index contributed by atoms with van der Waals surface area (Å²) in [6, 6.07) is 13.1. The highest BCUT2D eigenvalue weighted by atomic mass is 35.5. The molecule has 0 aliphatic rings. The first-order valence-corrected chi connectivity index (χ1v) is 10.9. The number of hydrogen-bond donors (Lipinski definition) is 4. The Morgan fingerprint density at radius 3 is 2.14 bits per heavy atom. The van der Waals surface area contributed by atoms with Gasteiger partial charge in [0.25, 0.3) is 0 Å². The van der Waals surface area contributed by atoms with Gasteiger partial charge < -0.3 is 20.8 Å². The predicted molar refractivity (Wildman–Crippen MR) is 122 cm³/mol. The maximum Gasteiger partial charge on any atom is 0.157 e. The van der Waals surface area contributed by atoms with Crippen LogP contribution in [0.5, 0.6) is 11.5 Å². The van der Waals surface area contributed by atoms with E-state index in [0.29, 0.717) is 0 Å². The molecule has 0 heterocycles. The number of hydrogen-bond acceptors (Lipinski definition) is 4. The summed E-state index contributed by atoms with van der Waals surface area (Å²) in [5, 5.41) is 26.7. The quantitative estimate of drug-likeness (QED) is 0.271. The first-order chi connectivity index (χ1) is 13.9. The molecule has 0 unspecified atom stereocenters. The molecule has 0 aliphatic carbocycles. The summed E-state index contributed by atoms with van der Waals surface area (Å²) in [7, 11) is 0. The maximum absolute atomic E-state index is 9.50. The molecule has 0 radical (unpaired) electrons. The SMILES string of the molecule is CC(C)(Cc1ccc(Cl)cc1)NCCCCCCNCCc1ccc(O)c(O)c1. The Balaban J connectivity index is 1.47. The Labute approximate surface area is 180 Å². The molecule has 2 rings (SSSR count). The van der Waals surface area contributed by atoms with Crippen LogP contribution in [0.1, 0.15) is 50.7 Å². The Bertz CT molecular complexity index is 732. The van der Waals surface area contributed by atoms with Crippen LogP contribution in [0, 0.1) is 0 Å². The number of halogens is 1. The highest BCUT2D eigenvalue weighted by Gasteiger charge is 2.17. The summed E-state index contributed by atoms with van der Waals surface area (Å²) >= 11 is 5.96. The van der Waals surface area contributed by atoms with Crippen molar-refractivity contribution >= 4 is 11.6 Å². The van der Waals surface area contributed by atoms with Gasteiger partial charge in [0.1, 0.15) is 0 Å². The second-order valence-corrected chi connectivity index (χ2v) is 8.79. The third kappa shape index (κ3) is 9.53. The first kappa shape index (κ1) is 23.5. The molecule has 0 bridgehead atoms. The van der Waals surface area contributed by atoms with Crippen LogP contribution in [0.3, 0.4) is 0 Å². The molecule has 5 heteroatoms. The smallest absolute Gasteiger partial charge is 0.157 e. The number of benzene rings is 2. The standard InChI is InChI=1S/C24H35ClN2O2/c1-24(2,18-20-7-10-21(25)11-8-20)27-15-6-4-3-5-14-26-16-13-19-9-12-22(28)23(29)17-19/h7-12,17,26-29H,3-6,13-16,18H2,1-2H3. The summed E-state index contributed by atoms with van der Waals surface area (Å²) < 4.78 is 0. The highest BCUT2D eigenvalue weighted by molar-refractivity contribution is 6.30. The minimum absolute atomic E-state index is 0.0487. The third-order valence-electron chi connectivity index (χ3n) is 5.07. The largest absolute Gasteiger partial charge is 0.504 e. The minimum atomic E-state index is -0.0652. The second-order valence-electron chi connectivity index (χ2n) is 8.35. The summed E-state index contributed by atoms with van der Waals surface area (Å²) in [6.07, 6.45) is 6.67. The van der Waals surface area contributed by atoms with Crippen LogP contribution < -0.4 is 10.6 Å². The van der Waals surface area contributed by atoms with Crippen molar-refractivity contribution in [1.82, 2.24) is 10.6 Å². The van der Waals surface area contributed by atoms with Crippen molar-refractivity contribution in [3.8, 4) is 11.5 Å². The molecule has 0 atom stereocenters. The number of rotatable bonds is 13. The van der Waals surface area contributed by atoms with Crippen LogP contribution in [0.25, 0.3) is 0 Å². The third-order valence-corrected chi connectivity index (χ3v) is 5.33. The average molecular weight is 419 g/mol. The lowest BCUT2D eigenvalue weighted by molar-refractivity contribution is 0.379. The van der Waals surface area contributed by atoms with Crippen molar-refractivity contribution in [3.05, 3.63) is 58.6 Å². The first-order valence-electron chi connectivity index (χ1n) is 10.6. The van der Waals surface area contributed by atoms with Crippen molar-refractivity contribution in [2.45, 2.75) is 57.9 Å². The zero-order chi connectivity index (χ0) is 21.1. The van der Waals surface area contributed by atoms with Gasteiger partial charge in [-0.3, -0.25) is 0 Å². The molecular formula is C24H35ClN2O2. The van der Waals surface area contributed by atoms with E-state index in [2.05, 4.69) is 36.6 Å². The van der Waals surface area contributed by atoms with Crippen molar-refractivity contribution in [2.24, 2.45) is 0 Å². The topological polar surface area (TPSA) is 64.5 Å². The van der Waals surface area contributed by atoms with Crippen molar-refractivity contribution in [3.63, 3.8) is 0 Å². The average Bonchev–Trinajstić information content (AvgIpc) is 2.67. The Hall–Kier alpha value is -1.75. The van der Waals surface area contributed by atoms with E-state index in [4.69, 9.17) is 11.6 Å². The van der Waals surface area contributed by atoms with Gasteiger partial charge in [-0.1, -0.05) is 42.6 Å². The van der Waals surface area contributed by atoms with Crippen LogP contribution in [0.4, 0.5) is 0 Å². The van der Waals surface area contributed by atoms with E-state index in [9.17, 15) is 10.2 Å². The van der Waals surface area contributed by atoms with Gasteiger partial charge in [-0.05, 0) is 94.6 Å². The second kappa shape index (κ2) is 12.1. The molecular weight excluding hydrogens is 384 g/mol. The molecule has 160 valence electrons. The fourth-order valence-corrected chi connectivity index (χ4v) is 3.54. The van der Waals surface area contributed by atoms with Crippen molar-refractivity contribution < 1.29 is 10.2 Å². The van der Waals surface area contributed by atoms with Crippen LogP contribution in [-0.4, -0.2) is 35.4 Å². The summed E-state index contributed by atoms with van der Waals surface area (Å²) in [5.74, 6) is -0.114. The normalized spacial score (nSPS) is 11.7. The predicted octanol–water partition coefficient (Wildman–Crippen LogP) is 5.05. The molecule has 0 amide bonds. The van der Waals surface area contributed by atoms with Gasteiger partial charge in [0.05, 0.1) is 0 Å². The minimum Gasteiger partial charge on any atom is -0.504 e. The van der Waals surface area contributed by atoms with E-state index >= 15 is 0 Å². The summed E-state index contributed by atoms with van der Waals surface area (Å²) in [6.45, 7) is 7.43. The molecule has 29 heavy (non-hydrogen) atoms. The lowest BCUT2D eigenvalue weighted by Gasteiger charge is -2.26. The number of phenolic OH excluding ortho intramolecular Hbond substituents is 2. The van der Waals surface area contributed by atoms with Gasteiger partial charge in [-0.25, -0.2) is 0 Å². The number of nitrogens with one attached hydrogen (secondary N) is 2. The number of unbranched alkanes of at least 4 members (excludes halogenated alkanes) is 3. The van der Waals surface area contributed by atoms with E-state index < -0.39 is 0 Å². The fourth-order valence-electron chi connectivity index (χ4n) is 3.41. The number of phenols is 2. The van der Waals surface area contributed by atoms with E-state index in [1.54, 1.807) is 6.07 Å². The van der Waals surface area contributed by atoms with Gasteiger partial charge in [0.2, 0.25) is 0 Å². The summed E-state index contributed by atoms with van der Waals surface area (Å²) in [4.78, 5) is 0. The lowest BCUT2D eigenvalue weighted by Crippen LogP contribution is -2.41. The Morgan fingerprint density at radius 2 is 1.45 bits per heavy atom. The molecule has 4 nitrogen and oxygen atoms in total. The van der Waals surface area contributed by atoms with Crippen LogP contribution in [0.15, 0.2) is 42.5 Å². The maximum atomic E-state index is 9.50. The van der Waals surface area contributed by atoms with E-state index in [1.807, 2.05) is 18.2 Å². The lowest BCUT2D eigenvalue weighted by atomic mass is 9.95. The molecule has 2 aromatic rings. The van der Waals surface area contributed by atoms with Gasteiger partial charge in [-0.15, -0.1) is 0 Å². The molecule has 0 saturated carbocycles. The van der Waals surface area contributed by atoms with Gasteiger partial charge in [0.15, 0.2) is 11.5 Å². The van der Waals surface area contributed by atoms with E-state index in [0.717, 1.165) is 43.1 Å². The highest BCUT2D eigenvalue weighted by Crippen LogP contribution is 2.24. The fraction of sp³-hybridized carbons (Fsp3) is 0.500. The molecule has 0 aliphatic heterocycles. The zero-order valence-corrected chi connectivity index (χ0v) is 18.4. The molecule has 0 fully saturated rings. The summed E-state index contributed by atoms with van der Waals surface area (Å²) in [5.41, 5.74) is 2.42. The van der Waals surface area contributed by atoms with Gasteiger partial charge >= 0.3 is 0 Å². The van der Waals surface area contributed by atoms with Crippen molar-refractivity contribution in [1.29, 1.82) is 0 Å². The molecule has 0 spiro atoms. The molecule has 4 N–H and O–H groups in total. The van der Waals surface area contributed by atoms with E-state index in [-0.39, 0.29) is 17.0 Å². The van der Waals surface area contributed by atoms with Crippen molar-refractivity contribution in [2.75, 3.05) is 19.6 Å². The molecule has 0 saturated heterocycles. The van der Waals surface area contributed by atoms with E-state index in [1.165, 1.54) is 37.3 Å². The zero-order valence-electron chi connectivity index (χ0n) is 17.7. The van der Waals surface area contributed by atoms with Gasteiger partial charge in [-0.2, -0.15) is 0 Å². The van der Waals surface area contributed by atoms with Gasteiger partial charge in [0, 0.05) is 10.6 Å². The Kier molecular flexibility index (Phi) is 9.79. The monoisotopic (exact) mass is 418 g/mol. The molecule has 0 aromatic heterocycles.